The van der Waals surface area contributed by atoms with Crippen molar-refractivity contribution in [3.8, 4) is 0 Å². The van der Waals surface area contributed by atoms with Crippen molar-refractivity contribution in [2.45, 2.75) is 6.92 Å². The lowest BCUT2D eigenvalue weighted by Gasteiger charge is -2.01. The van der Waals surface area contributed by atoms with Crippen LogP contribution in [0.5, 0.6) is 0 Å². The van der Waals surface area contributed by atoms with E-state index in [0.717, 1.165) is 11.3 Å². The molecule has 1 heteroatoms. The molecule has 0 aromatic heterocycles. The first-order valence-corrected chi connectivity index (χ1v) is 6.41. The molecule has 0 amide bonds. The van der Waals surface area contributed by atoms with Gasteiger partial charge in [-0.15, -0.1) is 0 Å². The summed E-state index contributed by atoms with van der Waals surface area (Å²) in [6.45, 7) is 2.08. The molecule has 0 unspecified atom stereocenters. The van der Waals surface area contributed by atoms with Gasteiger partial charge in [0.25, 0.3) is 0 Å². The van der Waals surface area contributed by atoms with Crippen LogP contribution in [0.2, 0.25) is 0 Å². The third kappa shape index (κ3) is 2.55. The van der Waals surface area contributed by atoms with E-state index in [0.29, 0.717) is 0 Å². The summed E-state index contributed by atoms with van der Waals surface area (Å²) in [5, 5.41) is 2.48. The average Bonchev–Trinajstić information content (AvgIpc) is 2.47. The molecular weight excluding hydrogens is 230 g/mol. The topological polar surface area (TPSA) is 12.4 Å². The maximum Gasteiger partial charge on any atom is 0.0630 e. The van der Waals surface area contributed by atoms with E-state index in [1.165, 1.54) is 16.3 Å². The second-order valence-corrected chi connectivity index (χ2v) is 4.66. The first-order chi connectivity index (χ1) is 9.33. The Kier molecular flexibility index (Phi) is 3.11. The molecular formula is C18H15N. The van der Waals surface area contributed by atoms with Gasteiger partial charge in [0, 0.05) is 11.8 Å². The van der Waals surface area contributed by atoms with E-state index >= 15 is 0 Å². The van der Waals surface area contributed by atoms with Crippen LogP contribution in [0.3, 0.4) is 0 Å². The Balaban J connectivity index is 1.99. The van der Waals surface area contributed by atoms with Gasteiger partial charge in [0.15, 0.2) is 0 Å². The van der Waals surface area contributed by atoms with Crippen molar-refractivity contribution in [3.05, 3.63) is 77.9 Å². The van der Waals surface area contributed by atoms with Crippen molar-refractivity contribution in [1.29, 1.82) is 0 Å². The fraction of sp³-hybridized carbons (Fsp3) is 0.0556. The van der Waals surface area contributed by atoms with Gasteiger partial charge in [-0.25, -0.2) is 0 Å². The molecule has 0 heterocycles. The lowest BCUT2D eigenvalue weighted by Crippen LogP contribution is -1.83. The number of aliphatic imine (C=N–C) groups is 1. The molecule has 19 heavy (non-hydrogen) atoms. The van der Waals surface area contributed by atoms with E-state index in [2.05, 4.69) is 66.5 Å². The average molecular weight is 245 g/mol. The largest absolute Gasteiger partial charge is 0.256 e. The zero-order valence-electron chi connectivity index (χ0n) is 10.9. The SMILES string of the molecule is Cc1ccc(N=Cc2cccc3ccccc23)cc1. The van der Waals surface area contributed by atoms with Gasteiger partial charge in [-0.1, -0.05) is 60.2 Å². The van der Waals surface area contributed by atoms with Crippen molar-refractivity contribution in [2.24, 2.45) is 4.99 Å². The summed E-state index contributed by atoms with van der Waals surface area (Å²) in [4.78, 5) is 4.54. The molecule has 0 N–H and O–H groups in total. The third-order valence-corrected chi connectivity index (χ3v) is 3.21. The maximum atomic E-state index is 4.54. The minimum absolute atomic E-state index is 0.985. The van der Waals surface area contributed by atoms with Crippen LogP contribution in [0, 0.1) is 6.92 Å². The van der Waals surface area contributed by atoms with E-state index in [9.17, 15) is 0 Å². The highest BCUT2D eigenvalue weighted by molar-refractivity contribution is 6.00. The number of hydrogen-bond donors (Lipinski definition) is 0. The quantitative estimate of drug-likeness (QED) is 0.569. The van der Waals surface area contributed by atoms with E-state index in [1.807, 2.05) is 18.3 Å². The van der Waals surface area contributed by atoms with Gasteiger partial charge < -0.3 is 0 Å². The van der Waals surface area contributed by atoms with Crippen LogP contribution in [0.15, 0.2) is 71.7 Å². The van der Waals surface area contributed by atoms with Crippen LogP contribution in [-0.4, -0.2) is 6.21 Å². The second-order valence-electron chi connectivity index (χ2n) is 4.66. The van der Waals surface area contributed by atoms with Gasteiger partial charge in [-0.3, -0.25) is 4.99 Å². The van der Waals surface area contributed by atoms with Crippen LogP contribution >= 0.6 is 0 Å². The Hall–Kier alpha value is -2.41. The van der Waals surface area contributed by atoms with E-state index in [4.69, 9.17) is 0 Å². The van der Waals surface area contributed by atoms with Crippen molar-refractivity contribution in [3.63, 3.8) is 0 Å². The highest BCUT2D eigenvalue weighted by atomic mass is 14.7. The number of aryl methyl sites for hydroxylation is 1. The van der Waals surface area contributed by atoms with E-state index in [1.54, 1.807) is 0 Å². The molecule has 92 valence electrons. The lowest BCUT2D eigenvalue weighted by atomic mass is 10.1. The molecule has 0 spiro atoms. The summed E-state index contributed by atoms with van der Waals surface area (Å²) >= 11 is 0. The number of fused-ring (bicyclic) bond motifs is 1. The standard InChI is InChI=1S/C18H15N/c1-14-9-11-17(12-10-14)19-13-16-7-4-6-15-5-2-3-8-18(15)16/h2-13H,1H3. The Bertz CT molecular complexity index is 719. The van der Waals surface area contributed by atoms with E-state index in [-0.39, 0.29) is 0 Å². The summed E-state index contributed by atoms with van der Waals surface area (Å²) in [5.41, 5.74) is 3.39. The molecule has 0 saturated carbocycles. The van der Waals surface area contributed by atoms with Crippen LogP contribution in [0.25, 0.3) is 10.8 Å². The Morgan fingerprint density at radius 2 is 1.53 bits per heavy atom. The minimum Gasteiger partial charge on any atom is -0.256 e. The molecule has 0 saturated heterocycles. The Labute approximate surface area is 113 Å². The van der Waals surface area contributed by atoms with Crippen LogP contribution in [0.4, 0.5) is 5.69 Å². The Morgan fingerprint density at radius 3 is 2.37 bits per heavy atom. The van der Waals surface area contributed by atoms with Crippen molar-refractivity contribution >= 4 is 22.7 Å². The predicted octanol–water partition coefficient (Wildman–Crippen LogP) is 4.90. The fourth-order valence-corrected chi connectivity index (χ4v) is 2.14. The van der Waals surface area contributed by atoms with Crippen LogP contribution < -0.4 is 0 Å². The first kappa shape index (κ1) is 11.7. The number of nitrogens with zero attached hydrogens (tertiary/aromatic N) is 1. The van der Waals surface area contributed by atoms with Gasteiger partial charge >= 0.3 is 0 Å². The van der Waals surface area contributed by atoms with Gasteiger partial charge in [-0.2, -0.15) is 0 Å². The predicted molar refractivity (Wildman–Crippen MR) is 82.4 cm³/mol. The van der Waals surface area contributed by atoms with Crippen LogP contribution in [0.1, 0.15) is 11.1 Å². The number of rotatable bonds is 2. The third-order valence-electron chi connectivity index (χ3n) is 3.21. The maximum absolute atomic E-state index is 4.54. The number of hydrogen-bond acceptors (Lipinski definition) is 1. The summed E-state index contributed by atoms with van der Waals surface area (Å²) < 4.78 is 0. The lowest BCUT2D eigenvalue weighted by molar-refractivity contribution is 1.44. The fourth-order valence-electron chi connectivity index (χ4n) is 2.14. The van der Waals surface area contributed by atoms with Gasteiger partial charge in [-0.05, 0) is 29.8 Å². The first-order valence-electron chi connectivity index (χ1n) is 6.41. The summed E-state index contributed by atoms with van der Waals surface area (Å²) in [5.74, 6) is 0. The van der Waals surface area contributed by atoms with Crippen molar-refractivity contribution in [1.82, 2.24) is 0 Å². The summed E-state index contributed by atoms with van der Waals surface area (Å²) in [6.07, 6.45) is 1.94. The Morgan fingerprint density at radius 1 is 0.789 bits per heavy atom. The monoisotopic (exact) mass is 245 g/mol. The van der Waals surface area contributed by atoms with Gasteiger partial charge in [0.1, 0.15) is 0 Å². The van der Waals surface area contributed by atoms with Gasteiger partial charge in [0.05, 0.1) is 5.69 Å². The molecule has 1 nitrogen and oxygen atoms in total. The minimum atomic E-state index is 0.985. The molecule has 0 radical (unpaired) electrons. The van der Waals surface area contributed by atoms with Crippen molar-refractivity contribution < 1.29 is 0 Å². The smallest absolute Gasteiger partial charge is 0.0630 e. The highest BCUT2D eigenvalue weighted by Crippen LogP contribution is 2.18. The van der Waals surface area contributed by atoms with Crippen LogP contribution in [-0.2, 0) is 0 Å². The zero-order chi connectivity index (χ0) is 13.1. The molecule has 0 atom stereocenters. The zero-order valence-corrected chi connectivity index (χ0v) is 10.9. The molecule has 0 aliphatic carbocycles. The van der Waals surface area contributed by atoms with E-state index < -0.39 is 0 Å². The summed E-state index contributed by atoms with van der Waals surface area (Å²) in [7, 11) is 0. The molecule has 3 rings (SSSR count). The number of benzene rings is 3. The molecule has 3 aromatic carbocycles. The van der Waals surface area contributed by atoms with Crippen molar-refractivity contribution in [2.75, 3.05) is 0 Å². The molecule has 0 fully saturated rings. The summed E-state index contributed by atoms with van der Waals surface area (Å²) in [6, 6.07) is 22.9. The normalized spacial score (nSPS) is 11.2. The second kappa shape index (κ2) is 5.07. The van der Waals surface area contributed by atoms with Gasteiger partial charge in [0.2, 0.25) is 0 Å². The molecule has 0 aliphatic rings. The highest BCUT2D eigenvalue weighted by Gasteiger charge is 1.97. The molecule has 0 bridgehead atoms. The molecule has 3 aromatic rings. The molecule has 0 aliphatic heterocycles.